The summed E-state index contributed by atoms with van der Waals surface area (Å²) in [5.74, 6) is -0.767. The number of carbonyl (C=O) groups is 2. The summed E-state index contributed by atoms with van der Waals surface area (Å²) in [5, 5.41) is 14.6. The van der Waals surface area contributed by atoms with E-state index in [0.717, 1.165) is 6.42 Å². The van der Waals surface area contributed by atoms with E-state index in [1.165, 1.54) is 19.5 Å². The van der Waals surface area contributed by atoms with Gasteiger partial charge in [0.2, 0.25) is 0 Å². The minimum atomic E-state index is -0.889. The molecule has 2 aromatic rings. The van der Waals surface area contributed by atoms with Crippen LogP contribution in [-0.4, -0.2) is 42.2 Å². The van der Waals surface area contributed by atoms with Gasteiger partial charge < -0.3 is 25.2 Å². The Morgan fingerprint density at radius 3 is 2.70 bits per heavy atom. The predicted molar refractivity (Wildman–Crippen MR) is 99.6 cm³/mol. The second-order valence-electron chi connectivity index (χ2n) is 5.66. The lowest BCUT2D eigenvalue weighted by Gasteiger charge is -2.19. The molecule has 0 aliphatic heterocycles. The van der Waals surface area contributed by atoms with E-state index in [1.807, 2.05) is 6.92 Å². The smallest absolute Gasteiger partial charge is 0.313 e. The highest BCUT2D eigenvalue weighted by Gasteiger charge is 2.22. The normalized spacial score (nSPS) is 11.4. The van der Waals surface area contributed by atoms with Crippen molar-refractivity contribution in [1.82, 2.24) is 10.3 Å². The van der Waals surface area contributed by atoms with Gasteiger partial charge in [0, 0.05) is 11.6 Å². The number of hydrogen-bond acceptors (Lipinski definition) is 6. The maximum atomic E-state index is 12.2. The van der Waals surface area contributed by atoms with Crippen molar-refractivity contribution in [2.75, 3.05) is 25.6 Å². The summed E-state index contributed by atoms with van der Waals surface area (Å²) in [6, 6.07) is 7.73. The van der Waals surface area contributed by atoms with Crippen molar-refractivity contribution in [3.8, 4) is 11.5 Å². The number of carbonyl (C=O) groups excluding carboxylic acids is 2. The van der Waals surface area contributed by atoms with Gasteiger partial charge >= 0.3 is 11.8 Å². The number of amides is 2. The molecule has 1 unspecified atom stereocenters. The summed E-state index contributed by atoms with van der Waals surface area (Å²) in [5.41, 5.74) is 0.905. The van der Waals surface area contributed by atoms with Crippen LogP contribution in [0.3, 0.4) is 0 Å². The average molecular weight is 373 g/mol. The summed E-state index contributed by atoms with van der Waals surface area (Å²) < 4.78 is 10.7. The van der Waals surface area contributed by atoms with E-state index in [-0.39, 0.29) is 6.61 Å². The largest absolute Gasteiger partial charge is 0.496 e. The summed E-state index contributed by atoms with van der Waals surface area (Å²) in [4.78, 5) is 28.4. The number of nitrogens with zero attached hydrogens (tertiary/aromatic N) is 1. The molecule has 1 atom stereocenters. The molecule has 1 aromatic heterocycles. The SMILES string of the molecule is CCCOc1cncc(NC(=O)C(=O)NC(CO)c2ccccc2OC)c1. The van der Waals surface area contributed by atoms with E-state index in [4.69, 9.17) is 9.47 Å². The number of pyridine rings is 1. The predicted octanol–water partition coefficient (Wildman–Crippen LogP) is 1.67. The summed E-state index contributed by atoms with van der Waals surface area (Å²) >= 11 is 0. The van der Waals surface area contributed by atoms with Crippen LogP contribution in [0.25, 0.3) is 0 Å². The highest BCUT2D eigenvalue weighted by molar-refractivity contribution is 6.39. The number of ether oxygens (including phenoxy) is 2. The van der Waals surface area contributed by atoms with Gasteiger partial charge in [-0.1, -0.05) is 25.1 Å². The van der Waals surface area contributed by atoms with Crippen LogP contribution < -0.4 is 20.1 Å². The zero-order valence-corrected chi connectivity index (χ0v) is 15.3. The fraction of sp³-hybridized carbons (Fsp3) is 0.316. The third-order valence-corrected chi connectivity index (χ3v) is 3.65. The molecule has 144 valence electrons. The van der Waals surface area contributed by atoms with Crippen LogP contribution in [0.2, 0.25) is 0 Å². The molecule has 2 rings (SSSR count). The Morgan fingerprint density at radius 1 is 1.22 bits per heavy atom. The molecule has 0 radical (unpaired) electrons. The van der Waals surface area contributed by atoms with Crippen molar-refractivity contribution in [2.45, 2.75) is 19.4 Å². The third kappa shape index (κ3) is 5.68. The Labute approximate surface area is 157 Å². The number of anilines is 1. The molecule has 27 heavy (non-hydrogen) atoms. The minimum Gasteiger partial charge on any atom is -0.496 e. The molecule has 0 saturated carbocycles. The van der Waals surface area contributed by atoms with E-state index in [1.54, 1.807) is 30.3 Å². The molecule has 0 fully saturated rings. The lowest BCUT2D eigenvalue weighted by atomic mass is 10.1. The van der Waals surface area contributed by atoms with Crippen LogP contribution in [0.15, 0.2) is 42.7 Å². The van der Waals surface area contributed by atoms with Crippen LogP contribution in [0.5, 0.6) is 11.5 Å². The quantitative estimate of drug-likeness (QED) is 0.607. The minimum absolute atomic E-state index is 0.335. The van der Waals surface area contributed by atoms with Crippen LogP contribution >= 0.6 is 0 Å². The molecule has 0 spiro atoms. The highest BCUT2D eigenvalue weighted by atomic mass is 16.5. The Bertz CT molecular complexity index is 781. The number of aliphatic hydroxyl groups is 1. The molecule has 0 aliphatic rings. The lowest BCUT2D eigenvalue weighted by Crippen LogP contribution is -2.39. The molecular formula is C19H23N3O5. The second-order valence-corrected chi connectivity index (χ2v) is 5.66. The number of hydrogen-bond donors (Lipinski definition) is 3. The molecule has 0 aliphatic carbocycles. The number of nitrogens with one attached hydrogen (secondary N) is 2. The zero-order valence-electron chi connectivity index (χ0n) is 15.3. The summed E-state index contributed by atoms with van der Waals surface area (Å²) in [7, 11) is 1.49. The Hall–Kier alpha value is -3.13. The van der Waals surface area contributed by atoms with Gasteiger partial charge in [-0.25, -0.2) is 0 Å². The van der Waals surface area contributed by atoms with Crippen LogP contribution in [0.4, 0.5) is 5.69 Å². The van der Waals surface area contributed by atoms with Crippen molar-refractivity contribution in [1.29, 1.82) is 0 Å². The monoisotopic (exact) mass is 373 g/mol. The highest BCUT2D eigenvalue weighted by Crippen LogP contribution is 2.24. The van der Waals surface area contributed by atoms with Crippen molar-refractivity contribution in [2.24, 2.45) is 0 Å². The number of aliphatic hydroxyl groups excluding tert-OH is 1. The first-order valence-corrected chi connectivity index (χ1v) is 8.52. The van der Waals surface area contributed by atoms with E-state index in [9.17, 15) is 14.7 Å². The second kappa shape index (κ2) is 10.1. The molecule has 3 N–H and O–H groups in total. The van der Waals surface area contributed by atoms with Crippen molar-refractivity contribution < 1.29 is 24.2 Å². The molecule has 0 saturated heterocycles. The third-order valence-electron chi connectivity index (χ3n) is 3.65. The van der Waals surface area contributed by atoms with E-state index in [0.29, 0.717) is 29.4 Å². The fourth-order valence-electron chi connectivity index (χ4n) is 2.37. The first-order chi connectivity index (χ1) is 13.1. The Morgan fingerprint density at radius 2 is 2.00 bits per heavy atom. The molecule has 8 nitrogen and oxygen atoms in total. The maximum Gasteiger partial charge on any atom is 0.313 e. The molecule has 8 heteroatoms. The van der Waals surface area contributed by atoms with Gasteiger partial charge in [-0.15, -0.1) is 0 Å². The van der Waals surface area contributed by atoms with Gasteiger partial charge in [-0.05, 0) is 12.5 Å². The van der Waals surface area contributed by atoms with Gasteiger partial charge in [-0.2, -0.15) is 0 Å². The fourth-order valence-corrected chi connectivity index (χ4v) is 2.37. The van der Waals surface area contributed by atoms with Crippen molar-refractivity contribution in [3.05, 3.63) is 48.3 Å². The Kier molecular flexibility index (Phi) is 7.57. The lowest BCUT2D eigenvalue weighted by molar-refractivity contribution is -0.136. The molecular weight excluding hydrogens is 350 g/mol. The van der Waals surface area contributed by atoms with Crippen LogP contribution in [0, 0.1) is 0 Å². The number of methoxy groups -OCH3 is 1. The van der Waals surface area contributed by atoms with E-state index >= 15 is 0 Å². The molecule has 0 bridgehead atoms. The first-order valence-electron chi connectivity index (χ1n) is 8.52. The van der Waals surface area contributed by atoms with Crippen LogP contribution in [-0.2, 0) is 9.59 Å². The van der Waals surface area contributed by atoms with E-state index in [2.05, 4.69) is 15.6 Å². The molecule has 1 aromatic carbocycles. The number of aromatic nitrogens is 1. The van der Waals surface area contributed by atoms with Crippen LogP contribution in [0.1, 0.15) is 24.9 Å². The van der Waals surface area contributed by atoms with Gasteiger partial charge in [0.05, 0.1) is 44.4 Å². The summed E-state index contributed by atoms with van der Waals surface area (Å²) in [6.45, 7) is 2.11. The van der Waals surface area contributed by atoms with E-state index < -0.39 is 17.9 Å². The average Bonchev–Trinajstić information content (AvgIpc) is 2.70. The van der Waals surface area contributed by atoms with Crippen molar-refractivity contribution in [3.63, 3.8) is 0 Å². The topological polar surface area (TPSA) is 110 Å². The maximum absolute atomic E-state index is 12.2. The van der Waals surface area contributed by atoms with Gasteiger partial charge in [0.1, 0.15) is 11.5 Å². The van der Waals surface area contributed by atoms with Gasteiger partial charge in [-0.3, -0.25) is 14.6 Å². The van der Waals surface area contributed by atoms with Gasteiger partial charge in [0.15, 0.2) is 0 Å². The standard InChI is InChI=1S/C19H23N3O5/c1-3-8-27-14-9-13(10-20-11-14)21-18(24)19(25)22-16(12-23)15-6-4-5-7-17(15)26-2/h4-7,9-11,16,23H,3,8,12H2,1-2H3,(H,21,24)(H,22,25). The summed E-state index contributed by atoms with van der Waals surface area (Å²) in [6.07, 6.45) is 3.77. The molecule has 1 heterocycles. The number of benzene rings is 1. The molecule has 2 amide bonds. The van der Waals surface area contributed by atoms with Gasteiger partial charge in [0.25, 0.3) is 0 Å². The Balaban J connectivity index is 2.03. The zero-order chi connectivity index (χ0) is 19.6. The number of rotatable bonds is 8. The number of para-hydroxylation sites is 1. The first kappa shape index (κ1) is 20.2. The van der Waals surface area contributed by atoms with Crippen molar-refractivity contribution >= 4 is 17.5 Å².